The quantitative estimate of drug-likeness (QED) is 0.431. The Balaban J connectivity index is 1.86. The molecule has 0 unspecified atom stereocenters. The first kappa shape index (κ1) is 21.7. The molecule has 0 atom stereocenters. The first-order valence-electron chi connectivity index (χ1n) is 9.01. The van der Waals surface area contributed by atoms with E-state index in [0.29, 0.717) is 40.2 Å². The monoisotopic (exact) mass is 495 g/mol. The molecular formula is C21H19BrClNO4S. The number of rotatable bonds is 7. The number of halogens is 2. The molecule has 29 heavy (non-hydrogen) atoms. The van der Waals surface area contributed by atoms with Crippen LogP contribution >= 0.6 is 39.3 Å². The van der Waals surface area contributed by atoms with Crippen LogP contribution in [-0.4, -0.2) is 29.3 Å². The first-order chi connectivity index (χ1) is 13.9. The van der Waals surface area contributed by atoms with E-state index in [1.807, 2.05) is 38.1 Å². The molecular weight excluding hydrogens is 478 g/mol. The fraction of sp³-hybridized carbons (Fsp3) is 0.238. The zero-order valence-corrected chi connectivity index (χ0v) is 19.1. The summed E-state index contributed by atoms with van der Waals surface area (Å²) in [7, 11) is 0. The van der Waals surface area contributed by atoms with Crippen molar-refractivity contribution in [3.63, 3.8) is 0 Å². The topological polar surface area (TPSA) is 55.8 Å². The molecule has 2 amide bonds. The molecule has 0 spiro atoms. The highest BCUT2D eigenvalue weighted by Gasteiger charge is 2.35. The van der Waals surface area contributed by atoms with Gasteiger partial charge in [-0.2, -0.15) is 0 Å². The minimum atomic E-state index is -0.342. The Morgan fingerprint density at radius 3 is 2.31 bits per heavy atom. The highest BCUT2D eigenvalue weighted by Crippen LogP contribution is 2.38. The van der Waals surface area contributed by atoms with Gasteiger partial charge in [0.05, 0.1) is 29.7 Å². The number of hydrogen-bond donors (Lipinski definition) is 0. The minimum absolute atomic E-state index is 0.219. The Morgan fingerprint density at radius 2 is 1.69 bits per heavy atom. The molecule has 1 fully saturated rings. The maximum atomic E-state index is 12.8. The number of ether oxygens (including phenoxy) is 2. The summed E-state index contributed by atoms with van der Waals surface area (Å²) in [5.74, 6) is 0.741. The number of thioether (sulfide) groups is 1. The lowest BCUT2D eigenvalue weighted by atomic mass is 10.1. The number of amides is 2. The van der Waals surface area contributed by atoms with Gasteiger partial charge in [-0.15, -0.1) is 0 Å². The maximum absolute atomic E-state index is 12.8. The van der Waals surface area contributed by atoms with E-state index in [1.54, 1.807) is 18.2 Å². The molecule has 5 nitrogen and oxygen atoms in total. The third-order valence-electron chi connectivity index (χ3n) is 4.08. The predicted molar refractivity (Wildman–Crippen MR) is 119 cm³/mol. The van der Waals surface area contributed by atoms with Gasteiger partial charge < -0.3 is 9.47 Å². The first-order valence-corrected chi connectivity index (χ1v) is 11.0. The van der Waals surface area contributed by atoms with Crippen LogP contribution in [0.2, 0.25) is 5.02 Å². The van der Waals surface area contributed by atoms with Crippen LogP contribution in [0.4, 0.5) is 4.79 Å². The maximum Gasteiger partial charge on any atom is 0.293 e. The molecule has 0 bridgehead atoms. The summed E-state index contributed by atoms with van der Waals surface area (Å²) in [6.45, 7) is 4.91. The van der Waals surface area contributed by atoms with Crippen LogP contribution in [0, 0.1) is 0 Å². The fourth-order valence-corrected chi connectivity index (χ4v) is 4.05. The average Bonchev–Trinajstić information content (AvgIpc) is 2.95. The summed E-state index contributed by atoms with van der Waals surface area (Å²) in [6, 6.07) is 10.9. The van der Waals surface area contributed by atoms with Gasteiger partial charge in [-0.25, -0.2) is 0 Å². The van der Waals surface area contributed by atoms with Crippen LogP contribution < -0.4 is 9.47 Å². The van der Waals surface area contributed by atoms with Gasteiger partial charge in [-0.1, -0.05) is 39.7 Å². The van der Waals surface area contributed by atoms with Gasteiger partial charge in [0.1, 0.15) is 0 Å². The van der Waals surface area contributed by atoms with Crippen LogP contribution in [0.3, 0.4) is 0 Å². The van der Waals surface area contributed by atoms with E-state index in [4.69, 9.17) is 21.1 Å². The smallest absolute Gasteiger partial charge is 0.293 e. The molecule has 3 rings (SSSR count). The Kier molecular flexibility index (Phi) is 7.27. The van der Waals surface area contributed by atoms with Crippen molar-refractivity contribution in [3.8, 4) is 11.5 Å². The largest absolute Gasteiger partial charge is 0.490 e. The summed E-state index contributed by atoms with van der Waals surface area (Å²) in [5.41, 5.74) is 1.46. The van der Waals surface area contributed by atoms with Gasteiger partial charge in [0.15, 0.2) is 11.5 Å². The summed E-state index contributed by atoms with van der Waals surface area (Å²) in [4.78, 5) is 26.7. The summed E-state index contributed by atoms with van der Waals surface area (Å²) < 4.78 is 12.1. The lowest BCUT2D eigenvalue weighted by molar-refractivity contribution is -0.123. The molecule has 2 aromatic carbocycles. The summed E-state index contributed by atoms with van der Waals surface area (Å²) in [5, 5.41) is 0.105. The normalized spacial score (nSPS) is 15.3. The second-order valence-corrected chi connectivity index (χ2v) is 8.40. The summed E-state index contributed by atoms with van der Waals surface area (Å²) >= 11 is 10.7. The Hall–Kier alpha value is -1.96. The molecule has 1 saturated heterocycles. The number of hydrogen-bond acceptors (Lipinski definition) is 5. The number of carbonyl (C=O) groups is 2. The van der Waals surface area contributed by atoms with Gasteiger partial charge >= 0.3 is 0 Å². The van der Waals surface area contributed by atoms with Crippen LogP contribution in [0.15, 0.2) is 45.8 Å². The minimum Gasteiger partial charge on any atom is -0.490 e. The average molecular weight is 497 g/mol. The molecule has 1 heterocycles. The molecule has 8 heteroatoms. The van der Waals surface area contributed by atoms with Gasteiger partial charge in [0.2, 0.25) is 0 Å². The van der Waals surface area contributed by atoms with E-state index in [9.17, 15) is 9.59 Å². The van der Waals surface area contributed by atoms with Gasteiger partial charge in [-0.3, -0.25) is 14.5 Å². The second-order valence-electron chi connectivity index (χ2n) is 6.08. The lowest BCUT2D eigenvalue weighted by Gasteiger charge is -2.13. The van der Waals surface area contributed by atoms with E-state index < -0.39 is 0 Å². The molecule has 0 aromatic heterocycles. The van der Waals surface area contributed by atoms with E-state index >= 15 is 0 Å². The number of nitrogens with zero attached hydrogens (tertiary/aromatic N) is 1. The Bertz CT molecular complexity index is 962. The van der Waals surface area contributed by atoms with Crippen molar-refractivity contribution in [2.45, 2.75) is 20.4 Å². The van der Waals surface area contributed by atoms with Crippen LogP contribution in [-0.2, 0) is 11.3 Å². The van der Waals surface area contributed by atoms with Crippen molar-refractivity contribution >= 4 is 56.5 Å². The SMILES string of the molecule is CCOc1cc(Cl)c(/C=C2\SC(=O)N(Cc3ccc(Br)cc3)C2=O)cc1OCC. The highest BCUT2D eigenvalue weighted by molar-refractivity contribution is 9.10. The summed E-state index contributed by atoms with van der Waals surface area (Å²) in [6.07, 6.45) is 1.62. The van der Waals surface area contributed by atoms with Crippen LogP contribution in [0.25, 0.3) is 6.08 Å². The molecule has 1 aliphatic rings. The third-order valence-corrected chi connectivity index (χ3v) is 5.84. The number of benzene rings is 2. The number of carbonyl (C=O) groups excluding carboxylic acids is 2. The standard InChI is InChI=1S/C21H19BrClNO4S/c1-3-27-17-9-14(16(23)11-18(17)28-4-2)10-19-20(25)24(21(26)29-19)12-13-5-7-15(22)8-6-13/h5-11H,3-4,12H2,1-2H3/b19-10-. The van der Waals surface area contributed by atoms with Crippen molar-refractivity contribution in [3.05, 3.63) is 61.9 Å². The molecule has 0 aliphatic carbocycles. The van der Waals surface area contributed by atoms with Crippen LogP contribution in [0.1, 0.15) is 25.0 Å². The highest BCUT2D eigenvalue weighted by atomic mass is 79.9. The lowest BCUT2D eigenvalue weighted by Crippen LogP contribution is -2.27. The van der Waals surface area contributed by atoms with Crippen molar-refractivity contribution in [1.82, 2.24) is 4.90 Å². The molecule has 0 N–H and O–H groups in total. The third kappa shape index (κ3) is 5.15. The zero-order chi connectivity index (χ0) is 21.0. The molecule has 0 saturated carbocycles. The van der Waals surface area contributed by atoms with Crippen molar-refractivity contribution in [2.24, 2.45) is 0 Å². The Labute approximate surface area is 187 Å². The van der Waals surface area contributed by atoms with Crippen molar-refractivity contribution in [2.75, 3.05) is 13.2 Å². The van der Waals surface area contributed by atoms with Crippen LogP contribution in [0.5, 0.6) is 11.5 Å². The van der Waals surface area contributed by atoms with Crippen molar-refractivity contribution in [1.29, 1.82) is 0 Å². The number of imide groups is 1. The fourth-order valence-electron chi connectivity index (χ4n) is 2.75. The molecule has 152 valence electrons. The van der Waals surface area contributed by atoms with E-state index in [2.05, 4.69) is 15.9 Å². The Morgan fingerprint density at radius 1 is 1.07 bits per heavy atom. The molecule has 1 aliphatic heterocycles. The van der Waals surface area contributed by atoms with Crippen molar-refractivity contribution < 1.29 is 19.1 Å². The van der Waals surface area contributed by atoms with Gasteiger partial charge in [0, 0.05) is 10.5 Å². The van der Waals surface area contributed by atoms with E-state index in [-0.39, 0.29) is 17.7 Å². The molecule has 0 radical (unpaired) electrons. The second kappa shape index (κ2) is 9.69. The predicted octanol–water partition coefficient (Wildman–Crippen LogP) is 6.14. The molecule has 2 aromatic rings. The van der Waals surface area contributed by atoms with E-state index in [1.165, 1.54) is 4.90 Å². The van der Waals surface area contributed by atoms with Gasteiger partial charge in [-0.05, 0) is 61.0 Å². The van der Waals surface area contributed by atoms with E-state index in [0.717, 1.165) is 21.8 Å². The van der Waals surface area contributed by atoms with Gasteiger partial charge in [0.25, 0.3) is 11.1 Å². The zero-order valence-electron chi connectivity index (χ0n) is 15.9.